The van der Waals surface area contributed by atoms with Crippen molar-refractivity contribution in [2.75, 3.05) is 6.61 Å². The number of hydrogen-bond acceptors (Lipinski definition) is 2. The SMILES string of the molecule is C[C@H]1c2c(cc(F)c(Cl)c2-c2c(C=O)ccc(OCC(C)(C)C)c2F)C[C@]1(C)c1ccccc1. The van der Waals surface area contributed by atoms with Crippen LogP contribution in [0.1, 0.15) is 67.6 Å². The molecule has 0 heterocycles. The van der Waals surface area contributed by atoms with Gasteiger partial charge in [0.25, 0.3) is 0 Å². The van der Waals surface area contributed by atoms with E-state index < -0.39 is 11.6 Å². The molecule has 1 aliphatic rings. The van der Waals surface area contributed by atoms with Gasteiger partial charge in [-0.2, -0.15) is 0 Å². The van der Waals surface area contributed by atoms with Crippen LogP contribution in [-0.4, -0.2) is 12.9 Å². The lowest BCUT2D eigenvalue weighted by Gasteiger charge is -2.31. The Hall–Kier alpha value is -2.72. The molecule has 2 nitrogen and oxygen atoms in total. The number of carbonyl (C=O) groups is 1. The number of aldehydes is 1. The minimum absolute atomic E-state index is 0.00804. The van der Waals surface area contributed by atoms with Crippen LogP contribution in [0, 0.1) is 17.0 Å². The van der Waals surface area contributed by atoms with E-state index in [1.807, 2.05) is 39.0 Å². The highest BCUT2D eigenvalue weighted by molar-refractivity contribution is 6.34. The molecule has 2 atom stereocenters. The summed E-state index contributed by atoms with van der Waals surface area (Å²) in [4.78, 5) is 12.0. The molecule has 0 fully saturated rings. The lowest BCUT2D eigenvalue weighted by Crippen LogP contribution is -2.25. The third kappa shape index (κ3) is 4.13. The maximum atomic E-state index is 15.9. The van der Waals surface area contributed by atoms with Crippen LogP contribution in [-0.2, 0) is 11.8 Å². The monoisotopic (exact) mass is 482 g/mol. The van der Waals surface area contributed by atoms with Gasteiger partial charge < -0.3 is 4.74 Å². The van der Waals surface area contributed by atoms with Crippen molar-refractivity contribution in [3.8, 4) is 16.9 Å². The molecule has 0 aliphatic heterocycles. The molecule has 1 aliphatic carbocycles. The minimum Gasteiger partial charge on any atom is -0.490 e. The van der Waals surface area contributed by atoms with E-state index in [4.69, 9.17) is 16.3 Å². The maximum Gasteiger partial charge on any atom is 0.173 e. The Bertz CT molecular complexity index is 1250. The van der Waals surface area contributed by atoms with E-state index in [9.17, 15) is 4.79 Å². The largest absolute Gasteiger partial charge is 0.490 e. The summed E-state index contributed by atoms with van der Waals surface area (Å²) in [6.07, 6.45) is 1.16. The van der Waals surface area contributed by atoms with Crippen molar-refractivity contribution in [3.05, 3.63) is 87.4 Å². The number of ether oxygens (including phenoxy) is 1. The van der Waals surface area contributed by atoms with E-state index >= 15 is 8.78 Å². The highest BCUT2D eigenvalue weighted by atomic mass is 35.5. The second-order valence-electron chi connectivity index (χ2n) is 10.6. The number of benzene rings is 3. The molecule has 0 amide bonds. The summed E-state index contributed by atoms with van der Waals surface area (Å²) in [5.74, 6) is -1.42. The minimum atomic E-state index is -0.705. The molecule has 0 radical (unpaired) electrons. The molecule has 3 aromatic rings. The smallest absolute Gasteiger partial charge is 0.173 e. The van der Waals surface area contributed by atoms with Crippen molar-refractivity contribution in [1.29, 1.82) is 0 Å². The molecule has 0 bridgehead atoms. The molecule has 3 aromatic carbocycles. The normalized spacial score (nSPS) is 19.7. The molecule has 178 valence electrons. The predicted molar refractivity (Wildman–Crippen MR) is 133 cm³/mol. The summed E-state index contributed by atoms with van der Waals surface area (Å²) in [6, 6.07) is 14.4. The zero-order valence-electron chi connectivity index (χ0n) is 20.1. The first-order valence-electron chi connectivity index (χ1n) is 11.4. The molecule has 0 unspecified atom stereocenters. The number of rotatable bonds is 5. The van der Waals surface area contributed by atoms with Crippen molar-refractivity contribution in [2.45, 2.75) is 52.4 Å². The molecule has 0 aromatic heterocycles. The molecule has 0 saturated carbocycles. The summed E-state index contributed by atoms with van der Waals surface area (Å²) in [5.41, 5.74) is 2.46. The number of hydrogen-bond donors (Lipinski definition) is 0. The third-order valence-corrected chi connectivity index (χ3v) is 7.27. The number of fused-ring (bicyclic) bond motifs is 1. The van der Waals surface area contributed by atoms with Crippen molar-refractivity contribution < 1.29 is 18.3 Å². The standard InChI is InChI=1S/C29H29ClF2O2/c1-17-23-19(14-29(17,5)20-9-7-6-8-10-20)13-21(31)26(30)25(23)24-18(15-33)11-12-22(27(24)32)34-16-28(2,3)4/h6-13,15,17H,14,16H2,1-5H3/t17-,29-/m0/s1. The maximum absolute atomic E-state index is 15.9. The average molecular weight is 483 g/mol. The van der Waals surface area contributed by atoms with Gasteiger partial charge in [-0.1, -0.05) is 76.6 Å². The molecule has 0 spiro atoms. The fraction of sp³-hybridized carbons (Fsp3) is 0.345. The Morgan fingerprint density at radius 1 is 1.12 bits per heavy atom. The first kappa shape index (κ1) is 24.4. The van der Waals surface area contributed by atoms with Crippen LogP contribution in [0.5, 0.6) is 5.75 Å². The van der Waals surface area contributed by atoms with Crippen LogP contribution in [0.15, 0.2) is 48.5 Å². The second kappa shape index (κ2) is 8.81. The van der Waals surface area contributed by atoms with Gasteiger partial charge in [0.2, 0.25) is 0 Å². The Morgan fingerprint density at radius 2 is 1.79 bits per heavy atom. The van der Waals surface area contributed by atoms with Crippen LogP contribution in [0.4, 0.5) is 8.78 Å². The number of carbonyl (C=O) groups excluding carboxylic acids is 1. The van der Waals surface area contributed by atoms with Gasteiger partial charge in [-0.3, -0.25) is 4.79 Å². The number of halogens is 3. The Morgan fingerprint density at radius 3 is 2.41 bits per heavy atom. The molecule has 0 N–H and O–H groups in total. The van der Waals surface area contributed by atoms with Gasteiger partial charge in [-0.05, 0) is 52.6 Å². The van der Waals surface area contributed by atoms with Gasteiger partial charge in [-0.25, -0.2) is 8.78 Å². The molecule has 5 heteroatoms. The Kier molecular flexibility index (Phi) is 6.32. The van der Waals surface area contributed by atoms with Crippen LogP contribution >= 0.6 is 11.6 Å². The fourth-order valence-electron chi connectivity index (χ4n) is 4.95. The molecular formula is C29H29ClF2O2. The first-order valence-corrected chi connectivity index (χ1v) is 11.8. The van der Waals surface area contributed by atoms with Crippen LogP contribution in [0.2, 0.25) is 5.02 Å². The summed E-state index contributed by atoms with van der Waals surface area (Å²) in [5, 5.41) is -0.183. The van der Waals surface area contributed by atoms with Crippen LogP contribution < -0.4 is 4.74 Å². The van der Waals surface area contributed by atoms with Crippen LogP contribution in [0.3, 0.4) is 0 Å². The van der Waals surface area contributed by atoms with E-state index in [-0.39, 0.29) is 50.8 Å². The quantitative estimate of drug-likeness (QED) is 0.343. The van der Waals surface area contributed by atoms with Gasteiger partial charge in [0.15, 0.2) is 17.9 Å². The van der Waals surface area contributed by atoms with E-state index in [0.717, 1.165) is 16.7 Å². The predicted octanol–water partition coefficient (Wildman–Crippen LogP) is 8.14. The lowest BCUT2D eigenvalue weighted by molar-refractivity contribution is 0.112. The van der Waals surface area contributed by atoms with Gasteiger partial charge in [0.05, 0.1) is 11.6 Å². The lowest BCUT2D eigenvalue weighted by atomic mass is 9.72. The van der Waals surface area contributed by atoms with Gasteiger partial charge >= 0.3 is 0 Å². The third-order valence-electron chi connectivity index (χ3n) is 6.90. The zero-order chi connectivity index (χ0) is 24.8. The molecule has 0 saturated heterocycles. The fourth-order valence-corrected chi connectivity index (χ4v) is 5.20. The van der Waals surface area contributed by atoms with Gasteiger partial charge in [0.1, 0.15) is 5.82 Å². The van der Waals surface area contributed by atoms with E-state index in [1.165, 1.54) is 18.2 Å². The van der Waals surface area contributed by atoms with Crippen LogP contribution in [0.25, 0.3) is 11.1 Å². The average Bonchev–Trinajstić information content (AvgIpc) is 3.05. The first-order chi connectivity index (χ1) is 16.0. The van der Waals surface area contributed by atoms with Gasteiger partial charge in [-0.15, -0.1) is 0 Å². The van der Waals surface area contributed by atoms with E-state index in [2.05, 4.69) is 26.0 Å². The van der Waals surface area contributed by atoms with Crippen molar-refractivity contribution >= 4 is 17.9 Å². The second-order valence-corrected chi connectivity index (χ2v) is 11.0. The Balaban J connectivity index is 1.94. The Labute approximate surface area is 204 Å². The van der Waals surface area contributed by atoms with Crippen molar-refractivity contribution in [3.63, 3.8) is 0 Å². The summed E-state index contributed by atoms with van der Waals surface area (Å²) in [7, 11) is 0. The molecule has 4 rings (SSSR count). The highest BCUT2D eigenvalue weighted by Gasteiger charge is 2.44. The molecule has 34 heavy (non-hydrogen) atoms. The summed E-state index contributed by atoms with van der Waals surface area (Å²) >= 11 is 6.52. The van der Waals surface area contributed by atoms with Gasteiger partial charge in [0, 0.05) is 22.1 Å². The highest BCUT2D eigenvalue weighted by Crippen LogP contribution is 2.54. The summed E-state index contributed by atoms with van der Waals surface area (Å²) < 4.78 is 36.8. The summed E-state index contributed by atoms with van der Waals surface area (Å²) in [6.45, 7) is 10.4. The van der Waals surface area contributed by atoms with E-state index in [0.29, 0.717) is 12.7 Å². The molecular weight excluding hydrogens is 454 g/mol. The van der Waals surface area contributed by atoms with E-state index in [1.54, 1.807) is 0 Å². The zero-order valence-corrected chi connectivity index (χ0v) is 20.9. The van der Waals surface area contributed by atoms with Crippen molar-refractivity contribution in [2.24, 2.45) is 5.41 Å². The van der Waals surface area contributed by atoms with Crippen molar-refractivity contribution in [1.82, 2.24) is 0 Å². The topological polar surface area (TPSA) is 26.3 Å².